The number of hydrogen-bond donors (Lipinski definition) is 0. The first-order valence-electron chi connectivity index (χ1n) is 5.01. The fourth-order valence-corrected chi connectivity index (χ4v) is 1.66. The van der Waals surface area contributed by atoms with Crippen LogP contribution in [-0.4, -0.2) is 17.1 Å². The highest BCUT2D eigenvalue weighted by molar-refractivity contribution is 5.94. The van der Waals surface area contributed by atoms with Gasteiger partial charge in [0.05, 0.1) is 12.9 Å². The highest BCUT2D eigenvalue weighted by Crippen LogP contribution is 2.21. The van der Waals surface area contributed by atoms with Crippen molar-refractivity contribution >= 4 is 17.1 Å². The van der Waals surface area contributed by atoms with Crippen molar-refractivity contribution in [2.75, 3.05) is 6.61 Å². The van der Waals surface area contributed by atoms with Gasteiger partial charge in [0.2, 0.25) is 5.71 Å². The zero-order valence-corrected chi connectivity index (χ0v) is 8.82. The Morgan fingerprint density at radius 2 is 2.33 bits per heavy atom. The summed E-state index contributed by atoms with van der Waals surface area (Å²) >= 11 is 0. The van der Waals surface area contributed by atoms with E-state index in [9.17, 15) is 4.79 Å². The van der Waals surface area contributed by atoms with Crippen molar-refractivity contribution in [1.82, 2.24) is 4.57 Å². The molecule has 0 bridgehead atoms. The van der Waals surface area contributed by atoms with Gasteiger partial charge in [-0.15, -0.1) is 0 Å². The lowest BCUT2D eigenvalue weighted by Gasteiger charge is -2.05. The van der Waals surface area contributed by atoms with Crippen LogP contribution in [0.3, 0.4) is 0 Å². The smallest absolute Gasteiger partial charge is 0.355 e. The molecule has 0 N–H and O–H groups in total. The first kappa shape index (κ1) is 9.83. The number of carbonyl (C=O) groups is 1. The van der Waals surface area contributed by atoms with E-state index in [2.05, 4.69) is 0 Å². The number of esters is 1. The molecule has 80 valence electrons. The molecule has 0 spiro atoms. The van der Waals surface area contributed by atoms with E-state index in [0.717, 1.165) is 11.1 Å². The van der Waals surface area contributed by atoms with Gasteiger partial charge in [-0.25, -0.2) is 4.79 Å². The standard InChI is InChI=1S/C11H13NO3/c1-3-12-9(11(13)14-4-2)7-8-5-6-15-10(8)12/h5-7H,3-4H2,1-2H3. The Bertz CT molecular complexity index is 481. The Morgan fingerprint density at radius 1 is 1.53 bits per heavy atom. The van der Waals surface area contributed by atoms with Crippen LogP contribution in [0.2, 0.25) is 0 Å². The lowest BCUT2D eigenvalue weighted by Crippen LogP contribution is -2.11. The molecular weight excluding hydrogens is 194 g/mol. The van der Waals surface area contributed by atoms with Gasteiger partial charge in [-0.05, 0) is 26.0 Å². The van der Waals surface area contributed by atoms with E-state index in [1.54, 1.807) is 19.3 Å². The number of aryl methyl sites for hydroxylation is 1. The van der Waals surface area contributed by atoms with Gasteiger partial charge in [0.1, 0.15) is 5.69 Å². The van der Waals surface area contributed by atoms with Crippen LogP contribution in [0, 0.1) is 0 Å². The van der Waals surface area contributed by atoms with Crippen LogP contribution in [0.5, 0.6) is 0 Å². The van der Waals surface area contributed by atoms with E-state index in [4.69, 9.17) is 9.15 Å². The second-order valence-corrected chi connectivity index (χ2v) is 3.18. The first-order chi connectivity index (χ1) is 7.27. The molecule has 2 heterocycles. The fraction of sp³-hybridized carbons (Fsp3) is 0.364. The number of ether oxygens (including phenoxy) is 1. The molecule has 2 aromatic rings. The number of hydrogen-bond acceptors (Lipinski definition) is 3. The Hall–Kier alpha value is -1.71. The van der Waals surface area contributed by atoms with Gasteiger partial charge < -0.3 is 13.7 Å². The van der Waals surface area contributed by atoms with E-state index in [1.807, 2.05) is 17.6 Å². The lowest BCUT2D eigenvalue weighted by molar-refractivity contribution is 0.0514. The van der Waals surface area contributed by atoms with Crippen molar-refractivity contribution in [3.63, 3.8) is 0 Å². The van der Waals surface area contributed by atoms with E-state index < -0.39 is 0 Å². The van der Waals surface area contributed by atoms with Crippen molar-refractivity contribution in [2.24, 2.45) is 0 Å². The second kappa shape index (κ2) is 3.81. The predicted molar refractivity (Wildman–Crippen MR) is 55.8 cm³/mol. The van der Waals surface area contributed by atoms with Gasteiger partial charge >= 0.3 is 5.97 Å². The minimum Gasteiger partial charge on any atom is -0.461 e. The van der Waals surface area contributed by atoms with Crippen LogP contribution in [0.25, 0.3) is 11.1 Å². The molecule has 4 nitrogen and oxygen atoms in total. The normalized spacial score (nSPS) is 10.8. The van der Waals surface area contributed by atoms with Gasteiger partial charge in [-0.1, -0.05) is 0 Å². The number of nitrogens with zero attached hydrogens (tertiary/aromatic N) is 1. The Balaban J connectivity index is 2.49. The average molecular weight is 207 g/mol. The fourth-order valence-electron chi connectivity index (χ4n) is 1.66. The minimum atomic E-state index is -0.300. The summed E-state index contributed by atoms with van der Waals surface area (Å²) in [6.45, 7) is 4.83. The molecule has 0 saturated carbocycles. The first-order valence-corrected chi connectivity index (χ1v) is 5.01. The van der Waals surface area contributed by atoms with Gasteiger partial charge in [0.25, 0.3) is 0 Å². The van der Waals surface area contributed by atoms with Crippen LogP contribution in [0.4, 0.5) is 0 Å². The van der Waals surface area contributed by atoms with Crippen LogP contribution in [0.15, 0.2) is 22.8 Å². The third-order valence-electron chi connectivity index (χ3n) is 2.30. The summed E-state index contributed by atoms with van der Waals surface area (Å²) in [5, 5.41) is 0.930. The van der Waals surface area contributed by atoms with Crippen molar-refractivity contribution < 1.29 is 13.9 Å². The summed E-state index contributed by atoms with van der Waals surface area (Å²) in [6, 6.07) is 3.63. The molecule has 0 aliphatic rings. The molecule has 0 aliphatic carbocycles. The monoisotopic (exact) mass is 207 g/mol. The number of carbonyl (C=O) groups excluding carboxylic acids is 1. The summed E-state index contributed by atoms with van der Waals surface area (Å²) in [5.41, 5.74) is 1.27. The summed E-state index contributed by atoms with van der Waals surface area (Å²) in [7, 11) is 0. The summed E-state index contributed by atoms with van der Waals surface area (Å²) in [4.78, 5) is 11.6. The molecule has 0 amide bonds. The average Bonchev–Trinajstić information content (AvgIpc) is 2.76. The van der Waals surface area contributed by atoms with E-state index in [0.29, 0.717) is 18.8 Å². The van der Waals surface area contributed by atoms with E-state index in [-0.39, 0.29) is 5.97 Å². The maximum atomic E-state index is 11.6. The molecule has 0 saturated heterocycles. The Kier molecular flexibility index (Phi) is 2.49. The van der Waals surface area contributed by atoms with Crippen LogP contribution in [-0.2, 0) is 11.3 Å². The maximum Gasteiger partial charge on any atom is 0.355 e. The molecule has 0 aliphatic heterocycles. The van der Waals surface area contributed by atoms with Gasteiger partial charge in [-0.2, -0.15) is 0 Å². The number of fused-ring (bicyclic) bond motifs is 1. The van der Waals surface area contributed by atoms with E-state index in [1.165, 1.54) is 0 Å². The summed E-state index contributed by atoms with van der Waals surface area (Å²) in [5.74, 6) is -0.300. The quantitative estimate of drug-likeness (QED) is 0.726. The molecule has 0 aromatic carbocycles. The molecule has 2 aromatic heterocycles. The highest BCUT2D eigenvalue weighted by Gasteiger charge is 2.16. The number of aromatic nitrogens is 1. The third-order valence-corrected chi connectivity index (χ3v) is 2.30. The summed E-state index contributed by atoms with van der Waals surface area (Å²) < 4.78 is 12.1. The topological polar surface area (TPSA) is 44.4 Å². The maximum absolute atomic E-state index is 11.6. The lowest BCUT2D eigenvalue weighted by atomic mass is 10.3. The molecule has 15 heavy (non-hydrogen) atoms. The third kappa shape index (κ3) is 1.52. The molecular formula is C11H13NO3. The SMILES string of the molecule is CCOC(=O)c1cc2ccoc2n1CC. The Morgan fingerprint density at radius 3 is 3.00 bits per heavy atom. The molecule has 0 unspecified atom stereocenters. The minimum absolute atomic E-state index is 0.300. The van der Waals surface area contributed by atoms with Gasteiger partial charge in [-0.3, -0.25) is 0 Å². The zero-order chi connectivity index (χ0) is 10.8. The van der Waals surface area contributed by atoms with Crippen LogP contribution >= 0.6 is 0 Å². The van der Waals surface area contributed by atoms with Gasteiger partial charge in [0, 0.05) is 11.9 Å². The van der Waals surface area contributed by atoms with Gasteiger partial charge in [0.15, 0.2) is 0 Å². The second-order valence-electron chi connectivity index (χ2n) is 3.18. The molecule has 0 fully saturated rings. The van der Waals surface area contributed by atoms with Crippen LogP contribution in [0.1, 0.15) is 24.3 Å². The van der Waals surface area contributed by atoms with Crippen molar-refractivity contribution in [3.05, 3.63) is 24.1 Å². The molecule has 2 rings (SSSR count). The summed E-state index contributed by atoms with van der Waals surface area (Å²) in [6.07, 6.45) is 1.62. The highest BCUT2D eigenvalue weighted by atomic mass is 16.5. The number of rotatable bonds is 3. The largest absolute Gasteiger partial charge is 0.461 e. The molecule has 0 atom stereocenters. The van der Waals surface area contributed by atoms with Crippen molar-refractivity contribution in [2.45, 2.75) is 20.4 Å². The van der Waals surface area contributed by atoms with Crippen LogP contribution < -0.4 is 0 Å². The van der Waals surface area contributed by atoms with Crippen molar-refractivity contribution in [3.8, 4) is 0 Å². The zero-order valence-electron chi connectivity index (χ0n) is 8.82. The predicted octanol–water partition coefficient (Wildman–Crippen LogP) is 2.43. The van der Waals surface area contributed by atoms with Crippen molar-refractivity contribution in [1.29, 1.82) is 0 Å². The number of furan rings is 1. The molecule has 0 radical (unpaired) electrons. The molecule has 4 heteroatoms. The van der Waals surface area contributed by atoms with E-state index >= 15 is 0 Å². The Labute approximate surface area is 87.4 Å².